The van der Waals surface area contributed by atoms with Crippen LogP contribution in [0, 0.1) is 0 Å². The summed E-state index contributed by atoms with van der Waals surface area (Å²) in [4.78, 5) is 11.8. The number of fused-ring (bicyclic) bond motifs is 1. The lowest BCUT2D eigenvalue weighted by Crippen LogP contribution is -2.11. The highest BCUT2D eigenvalue weighted by atomic mass is 16.1. The summed E-state index contributed by atoms with van der Waals surface area (Å²) in [6.07, 6.45) is 5.21. The summed E-state index contributed by atoms with van der Waals surface area (Å²) in [5.41, 5.74) is 4.01. The van der Waals surface area contributed by atoms with Crippen LogP contribution in [0.5, 0.6) is 0 Å². The molecule has 0 unspecified atom stereocenters. The Balaban J connectivity index is 1.89. The van der Waals surface area contributed by atoms with Crippen molar-refractivity contribution in [2.45, 2.75) is 6.04 Å². The van der Waals surface area contributed by atoms with Crippen molar-refractivity contribution >= 4 is 23.3 Å². The van der Waals surface area contributed by atoms with Crippen molar-refractivity contribution in [3.8, 4) is 0 Å². The van der Waals surface area contributed by atoms with E-state index in [1.807, 2.05) is 60.7 Å². The molecule has 4 rings (SSSR count). The number of nitrogens with zero attached hydrogens (tertiary/aromatic N) is 1. The van der Waals surface area contributed by atoms with Crippen LogP contribution in [0.4, 0.5) is 0 Å². The van der Waals surface area contributed by atoms with Crippen molar-refractivity contribution in [2.24, 2.45) is 0 Å². The largest absolute Gasteiger partial charge is 0.327 e. The summed E-state index contributed by atoms with van der Waals surface area (Å²) in [5, 5.41) is 1.07. The Bertz CT molecular complexity index is 1050. The maximum Gasteiger partial charge on any atom is 0.166 e. The van der Waals surface area contributed by atoms with Crippen LogP contribution in [0.1, 0.15) is 27.7 Å². The van der Waals surface area contributed by atoms with E-state index < -0.39 is 0 Å². The Morgan fingerprint density at radius 3 is 2.15 bits per heavy atom. The lowest BCUT2D eigenvalue weighted by molar-refractivity contribution is 0.111. The molecular formula is C24H19NO. The lowest BCUT2D eigenvalue weighted by Gasteiger charge is -2.19. The molecule has 0 radical (unpaired) electrons. The average Bonchev–Trinajstić information content (AvgIpc) is 3.08. The van der Waals surface area contributed by atoms with Crippen molar-refractivity contribution in [1.82, 2.24) is 4.57 Å². The molecular weight excluding hydrogens is 318 g/mol. The van der Waals surface area contributed by atoms with Crippen molar-refractivity contribution in [3.05, 3.63) is 114 Å². The minimum absolute atomic E-state index is 0.0588. The van der Waals surface area contributed by atoms with Crippen molar-refractivity contribution in [3.63, 3.8) is 0 Å². The van der Waals surface area contributed by atoms with E-state index in [2.05, 4.69) is 47.1 Å². The van der Waals surface area contributed by atoms with Crippen LogP contribution in [0.15, 0.2) is 97.1 Å². The molecule has 3 aromatic carbocycles. The van der Waals surface area contributed by atoms with Gasteiger partial charge in [0, 0.05) is 10.9 Å². The molecule has 126 valence electrons. The van der Waals surface area contributed by atoms with Crippen molar-refractivity contribution in [1.29, 1.82) is 0 Å². The molecule has 1 atom stereocenters. The third-order valence-electron chi connectivity index (χ3n) is 4.59. The Hall–Kier alpha value is -3.39. The van der Waals surface area contributed by atoms with Gasteiger partial charge in [-0.2, -0.15) is 0 Å². The number of benzene rings is 3. The third kappa shape index (κ3) is 3.09. The summed E-state index contributed by atoms with van der Waals surface area (Å²) in [7, 11) is 0. The molecule has 0 bridgehead atoms. The second-order valence-electron chi connectivity index (χ2n) is 6.24. The van der Waals surface area contributed by atoms with E-state index in [1.54, 1.807) is 0 Å². The molecule has 0 saturated carbocycles. The number of hydrogen-bond acceptors (Lipinski definition) is 1. The Kier molecular flexibility index (Phi) is 4.48. The quantitative estimate of drug-likeness (QED) is 0.425. The van der Waals surface area contributed by atoms with E-state index in [1.165, 1.54) is 0 Å². The SMILES string of the molecule is O=Cc1cc2ccccc2n1[C@H](/C=C/c1ccccc1)c1ccccc1. The van der Waals surface area contributed by atoms with Crippen molar-refractivity contribution in [2.75, 3.05) is 0 Å². The summed E-state index contributed by atoms with van der Waals surface area (Å²) < 4.78 is 2.11. The first-order chi connectivity index (χ1) is 12.9. The second kappa shape index (κ2) is 7.24. The van der Waals surface area contributed by atoms with E-state index in [9.17, 15) is 4.79 Å². The highest BCUT2D eigenvalue weighted by Crippen LogP contribution is 2.29. The molecule has 1 heterocycles. The normalized spacial score (nSPS) is 12.5. The fourth-order valence-corrected chi connectivity index (χ4v) is 3.36. The number of para-hydroxylation sites is 1. The van der Waals surface area contributed by atoms with Crippen LogP contribution < -0.4 is 0 Å². The number of aldehydes is 1. The smallest absolute Gasteiger partial charge is 0.166 e. The van der Waals surface area contributed by atoms with Crippen LogP contribution in [-0.4, -0.2) is 10.9 Å². The van der Waals surface area contributed by atoms with Gasteiger partial charge in [-0.15, -0.1) is 0 Å². The van der Waals surface area contributed by atoms with Crippen LogP contribution in [0.25, 0.3) is 17.0 Å². The molecule has 0 spiro atoms. The van der Waals surface area contributed by atoms with Gasteiger partial charge >= 0.3 is 0 Å². The third-order valence-corrected chi connectivity index (χ3v) is 4.59. The van der Waals surface area contributed by atoms with E-state index in [-0.39, 0.29) is 6.04 Å². The van der Waals surface area contributed by atoms with E-state index in [0.29, 0.717) is 5.69 Å². The van der Waals surface area contributed by atoms with Gasteiger partial charge < -0.3 is 4.57 Å². The van der Waals surface area contributed by atoms with Gasteiger partial charge in [-0.05, 0) is 23.3 Å². The molecule has 0 amide bonds. The van der Waals surface area contributed by atoms with Crippen LogP contribution >= 0.6 is 0 Å². The molecule has 0 aliphatic rings. The van der Waals surface area contributed by atoms with Crippen molar-refractivity contribution < 1.29 is 4.79 Å². The minimum Gasteiger partial charge on any atom is -0.327 e. The van der Waals surface area contributed by atoms with E-state index in [0.717, 1.165) is 28.3 Å². The summed E-state index contributed by atoms with van der Waals surface area (Å²) in [6, 6.07) is 30.5. The van der Waals surface area contributed by atoms with Gasteiger partial charge in [0.25, 0.3) is 0 Å². The van der Waals surface area contributed by atoms with E-state index >= 15 is 0 Å². The monoisotopic (exact) mass is 337 g/mol. The average molecular weight is 337 g/mol. The fraction of sp³-hybridized carbons (Fsp3) is 0.0417. The predicted octanol–water partition coefficient (Wildman–Crippen LogP) is 5.76. The minimum atomic E-state index is -0.0588. The summed E-state index contributed by atoms with van der Waals surface area (Å²) >= 11 is 0. The molecule has 0 saturated heterocycles. The molecule has 2 heteroatoms. The first-order valence-electron chi connectivity index (χ1n) is 8.70. The molecule has 26 heavy (non-hydrogen) atoms. The molecule has 0 aliphatic carbocycles. The summed E-state index contributed by atoms with van der Waals surface area (Å²) in [5.74, 6) is 0. The van der Waals surface area contributed by atoms with Gasteiger partial charge in [-0.1, -0.05) is 91.0 Å². The molecule has 0 N–H and O–H groups in total. The number of hydrogen-bond donors (Lipinski definition) is 0. The topological polar surface area (TPSA) is 22.0 Å². The lowest BCUT2D eigenvalue weighted by atomic mass is 10.0. The zero-order valence-corrected chi connectivity index (χ0v) is 14.3. The Morgan fingerprint density at radius 1 is 0.769 bits per heavy atom. The zero-order chi connectivity index (χ0) is 17.8. The molecule has 0 fully saturated rings. The second-order valence-corrected chi connectivity index (χ2v) is 6.24. The Morgan fingerprint density at radius 2 is 1.42 bits per heavy atom. The molecule has 4 aromatic rings. The molecule has 2 nitrogen and oxygen atoms in total. The number of allylic oxidation sites excluding steroid dienone is 1. The highest BCUT2D eigenvalue weighted by molar-refractivity contribution is 5.89. The maximum absolute atomic E-state index is 11.8. The molecule has 1 aromatic heterocycles. The Labute approximate surface area is 153 Å². The number of rotatable bonds is 5. The summed E-state index contributed by atoms with van der Waals surface area (Å²) in [6.45, 7) is 0. The first kappa shape index (κ1) is 16.1. The van der Waals surface area contributed by atoms with E-state index in [4.69, 9.17) is 0 Å². The molecule has 0 aliphatic heterocycles. The van der Waals surface area contributed by atoms with Gasteiger partial charge in [0.05, 0.1) is 11.7 Å². The van der Waals surface area contributed by atoms with Gasteiger partial charge in [-0.3, -0.25) is 4.79 Å². The van der Waals surface area contributed by atoms with Gasteiger partial charge in [0.1, 0.15) is 0 Å². The van der Waals surface area contributed by atoms with Crippen LogP contribution in [0.2, 0.25) is 0 Å². The maximum atomic E-state index is 11.8. The van der Waals surface area contributed by atoms with Crippen LogP contribution in [0.3, 0.4) is 0 Å². The van der Waals surface area contributed by atoms with Gasteiger partial charge in [0.2, 0.25) is 0 Å². The predicted molar refractivity (Wildman–Crippen MR) is 107 cm³/mol. The standard InChI is InChI=1S/C24H19NO/c26-18-22-17-21-13-7-8-14-23(21)25(22)24(20-11-5-2-6-12-20)16-15-19-9-3-1-4-10-19/h1-18,24H/b16-15+/t24-/m1/s1. The van der Waals surface area contributed by atoms with Gasteiger partial charge in [-0.25, -0.2) is 0 Å². The zero-order valence-electron chi connectivity index (χ0n) is 14.3. The van der Waals surface area contributed by atoms with Crippen LogP contribution in [-0.2, 0) is 0 Å². The fourth-order valence-electron chi connectivity index (χ4n) is 3.36. The number of aromatic nitrogens is 1. The highest BCUT2D eigenvalue weighted by Gasteiger charge is 2.17. The van der Waals surface area contributed by atoms with Gasteiger partial charge in [0.15, 0.2) is 6.29 Å². The number of carbonyl (C=O) groups excluding carboxylic acids is 1. The first-order valence-corrected chi connectivity index (χ1v) is 8.70. The number of carbonyl (C=O) groups is 1.